The summed E-state index contributed by atoms with van der Waals surface area (Å²) in [6.45, 7) is 15.9. The molecular weight excluding hydrogens is 447 g/mol. The minimum absolute atomic E-state index is 0.186. The van der Waals surface area contributed by atoms with Crippen molar-refractivity contribution >= 4 is 50.7 Å². The van der Waals surface area contributed by atoms with Crippen LogP contribution in [-0.2, 0) is 0 Å². The first-order chi connectivity index (χ1) is 15.3. The lowest BCUT2D eigenvalue weighted by atomic mass is 10.2. The third-order valence-corrected chi connectivity index (χ3v) is 4.88. The van der Waals surface area contributed by atoms with E-state index in [4.69, 9.17) is 17.3 Å². The molecule has 0 spiro atoms. The lowest BCUT2D eigenvalue weighted by Gasteiger charge is -2.15. The molecule has 7 nitrogen and oxygen atoms in total. The molecule has 10 heteroatoms. The van der Waals surface area contributed by atoms with Gasteiger partial charge in [-0.15, -0.1) is 11.3 Å². The Morgan fingerprint density at radius 2 is 1.94 bits per heavy atom. The maximum atomic E-state index is 13.0. The lowest BCUT2D eigenvalue weighted by Crippen LogP contribution is -2.29. The van der Waals surface area contributed by atoms with Crippen LogP contribution >= 0.6 is 23.5 Å². The van der Waals surface area contributed by atoms with Crippen molar-refractivity contribution in [2.45, 2.75) is 41.5 Å². The lowest BCUT2D eigenvalue weighted by molar-refractivity contribution is 0.420. The van der Waals surface area contributed by atoms with Gasteiger partial charge in [-0.3, -0.25) is 4.79 Å². The molecule has 178 valence electrons. The van der Waals surface area contributed by atoms with E-state index < -0.39 is 0 Å². The Morgan fingerprint density at radius 1 is 1.31 bits per heavy atom. The van der Waals surface area contributed by atoms with Gasteiger partial charge in [-0.2, -0.15) is 13.7 Å². The third-order valence-electron chi connectivity index (χ3n) is 3.73. The highest BCUT2D eigenvalue weighted by Gasteiger charge is 2.18. The van der Waals surface area contributed by atoms with Gasteiger partial charge in [0.05, 0.1) is 21.8 Å². The van der Waals surface area contributed by atoms with Crippen LogP contribution in [0, 0.1) is 0 Å². The third kappa shape index (κ3) is 7.85. The van der Waals surface area contributed by atoms with Gasteiger partial charge >= 0.3 is 0 Å². The SMILES string of the molecule is C=C/C(=C\C=C(C)C)n1nc(/C(N)=C/N(N)CCSF)c2csc(N)c2c1=O.CC.CC. The van der Waals surface area contributed by atoms with E-state index in [1.165, 1.54) is 33.3 Å². The van der Waals surface area contributed by atoms with E-state index in [1.54, 1.807) is 11.5 Å². The van der Waals surface area contributed by atoms with E-state index in [2.05, 4.69) is 11.7 Å². The number of fused-ring (bicyclic) bond motifs is 1. The highest BCUT2D eigenvalue weighted by atomic mass is 32.2. The number of halogens is 1. The quantitative estimate of drug-likeness (QED) is 0.271. The number of nitrogens with zero attached hydrogens (tertiary/aromatic N) is 3. The number of hydrazine groups is 1. The molecule has 2 aromatic heterocycles. The van der Waals surface area contributed by atoms with Gasteiger partial charge < -0.3 is 16.5 Å². The van der Waals surface area contributed by atoms with Crippen molar-refractivity contribution in [3.63, 3.8) is 0 Å². The molecule has 0 aromatic carbocycles. The molecule has 0 aliphatic carbocycles. The van der Waals surface area contributed by atoms with Gasteiger partial charge in [-0.1, -0.05) is 45.9 Å². The van der Waals surface area contributed by atoms with Crippen molar-refractivity contribution in [1.29, 1.82) is 0 Å². The van der Waals surface area contributed by atoms with E-state index in [1.807, 2.05) is 47.6 Å². The normalized spacial score (nSPS) is 11.1. The molecule has 2 rings (SSSR count). The summed E-state index contributed by atoms with van der Waals surface area (Å²) in [6, 6.07) is 0. The summed E-state index contributed by atoms with van der Waals surface area (Å²) in [5, 5.41) is 8.67. The fourth-order valence-corrected chi connectivity index (χ4v) is 3.45. The number of nitrogens with two attached hydrogens (primary N) is 3. The molecule has 6 N–H and O–H groups in total. The van der Waals surface area contributed by atoms with E-state index in [9.17, 15) is 8.68 Å². The zero-order chi connectivity index (χ0) is 24.8. The number of anilines is 1. The van der Waals surface area contributed by atoms with Gasteiger partial charge in [0.25, 0.3) is 5.56 Å². The van der Waals surface area contributed by atoms with Gasteiger partial charge in [0, 0.05) is 41.4 Å². The molecule has 2 heterocycles. The minimum atomic E-state index is -0.364. The standard InChI is InChI=1S/C18H23FN6OS2.2C2H6/c1-4-12(6-5-11(2)3)25-18(26)15-13(10-27-17(15)21)16(23-25)14(20)9-24(22)7-8-28-19;2*1-2/h4-6,9-10H,1,7-8,20-22H2,2-3H3;2*1-2H3/b12-6+,14-9-;;. The number of rotatable bonds is 8. The first kappa shape index (κ1) is 29.4. The number of allylic oxidation sites excluding steroid dienone is 5. The molecule has 0 unspecified atom stereocenters. The second-order valence-corrected chi connectivity index (χ2v) is 7.67. The molecule has 0 radical (unpaired) electrons. The summed E-state index contributed by atoms with van der Waals surface area (Å²) in [4.78, 5) is 13.0. The summed E-state index contributed by atoms with van der Waals surface area (Å²) < 4.78 is 13.5. The Kier molecular flexibility index (Phi) is 14.1. The van der Waals surface area contributed by atoms with Gasteiger partial charge in [0.2, 0.25) is 0 Å². The van der Waals surface area contributed by atoms with Crippen LogP contribution in [-0.4, -0.2) is 27.1 Å². The van der Waals surface area contributed by atoms with Crippen molar-refractivity contribution in [1.82, 2.24) is 14.8 Å². The van der Waals surface area contributed by atoms with Crippen molar-refractivity contribution in [2.75, 3.05) is 18.0 Å². The topological polar surface area (TPSA) is 116 Å². The van der Waals surface area contributed by atoms with E-state index >= 15 is 0 Å². The zero-order valence-corrected chi connectivity index (χ0v) is 21.3. The molecule has 2 aromatic rings. The summed E-state index contributed by atoms with van der Waals surface area (Å²) in [7, 11) is 0. The maximum absolute atomic E-state index is 13.0. The van der Waals surface area contributed by atoms with Gasteiger partial charge in [0.15, 0.2) is 0 Å². The summed E-state index contributed by atoms with van der Waals surface area (Å²) in [6.07, 6.45) is 6.57. The Labute approximate surface area is 198 Å². The number of aromatic nitrogens is 2. The predicted molar refractivity (Wildman–Crippen MR) is 142 cm³/mol. The van der Waals surface area contributed by atoms with Crippen LogP contribution in [0.1, 0.15) is 47.2 Å². The molecule has 0 saturated heterocycles. The summed E-state index contributed by atoms with van der Waals surface area (Å²) in [5.41, 5.74) is 14.0. The van der Waals surface area contributed by atoms with Crippen molar-refractivity contribution in [2.24, 2.45) is 11.6 Å². The molecule has 0 aliphatic heterocycles. The molecule has 0 bridgehead atoms. The maximum Gasteiger partial charge on any atom is 0.282 e. The molecule has 32 heavy (non-hydrogen) atoms. The van der Waals surface area contributed by atoms with Crippen molar-refractivity contribution in [3.8, 4) is 0 Å². The summed E-state index contributed by atoms with van der Waals surface area (Å²) in [5.74, 6) is 6.02. The molecular formula is C22H35FN6OS2. The van der Waals surface area contributed by atoms with Gasteiger partial charge in [0.1, 0.15) is 5.69 Å². The molecule has 0 aliphatic rings. The van der Waals surface area contributed by atoms with Crippen molar-refractivity contribution < 1.29 is 3.89 Å². The fraction of sp³-hybridized carbons (Fsp3) is 0.364. The Hall–Kier alpha value is -2.56. The average molecular weight is 483 g/mol. The highest BCUT2D eigenvalue weighted by molar-refractivity contribution is 7.94. The van der Waals surface area contributed by atoms with E-state index in [-0.39, 0.29) is 35.7 Å². The summed E-state index contributed by atoms with van der Waals surface area (Å²) >= 11 is 1.42. The van der Waals surface area contributed by atoms with E-state index in [0.717, 1.165) is 5.57 Å². The Morgan fingerprint density at radius 3 is 2.47 bits per heavy atom. The highest BCUT2D eigenvalue weighted by Crippen LogP contribution is 2.29. The van der Waals surface area contributed by atoms with Crippen LogP contribution in [0.3, 0.4) is 0 Å². The average Bonchev–Trinajstić information content (AvgIpc) is 3.18. The van der Waals surface area contributed by atoms with E-state index in [0.29, 0.717) is 27.2 Å². The largest absolute Gasteiger partial charge is 0.396 e. The molecule has 0 fully saturated rings. The molecule has 0 amide bonds. The second kappa shape index (κ2) is 15.3. The van der Waals surface area contributed by atoms with Crippen LogP contribution in [0.15, 0.2) is 46.8 Å². The first-order valence-electron chi connectivity index (χ1n) is 10.3. The smallest absolute Gasteiger partial charge is 0.282 e. The van der Waals surface area contributed by atoms with Crippen molar-refractivity contribution in [3.05, 3.63) is 58.0 Å². The van der Waals surface area contributed by atoms with Crippen LogP contribution in [0.4, 0.5) is 8.89 Å². The first-order valence-corrected chi connectivity index (χ1v) is 12.1. The number of hydrogen-bond donors (Lipinski definition) is 3. The number of nitrogen functional groups attached to an aromatic ring is 1. The van der Waals surface area contributed by atoms with Crippen LogP contribution in [0.2, 0.25) is 0 Å². The fourth-order valence-electron chi connectivity index (χ4n) is 2.38. The molecule has 0 atom stereocenters. The van der Waals surface area contributed by atoms with Crippen LogP contribution in [0.25, 0.3) is 22.2 Å². The van der Waals surface area contributed by atoms with Crippen LogP contribution < -0.4 is 22.9 Å². The Bertz CT molecular complexity index is 1020. The van der Waals surface area contributed by atoms with Crippen LogP contribution in [0.5, 0.6) is 0 Å². The predicted octanol–water partition coefficient (Wildman–Crippen LogP) is 5.14. The molecule has 0 saturated carbocycles. The monoisotopic (exact) mass is 482 g/mol. The number of thiophene rings is 1. The minimum Gasteiger partial charge on any atom is -0.396 e. The van der Waals surface area contributed by atoms with Gasteiger partial charge in [-0.05, 0) is 26.0 Å². The van der Waals surface area contributed by atoms with Gasteiger partial charge in [-0.25, -0.2) is 5.84 Å². The second-order valence-electron chi connectivity index (χ2n) is 6.13. The Balaban J connectivity index is 0.00000227. The zero-order valence-electron chi connectivity index (χ0n) is 19.7. The number of hydrogen-bond acceptors (Lipinski definition) is 8.